The summed E-state index contributed by atoms with van der Waals surface area (Å²) >= 11 is 0. The van der Waals surface area contributed by atoms with E-state index in [0.29, 0.717) is 12.5 Å². The van der Waals surface area contributed by atoms with E-state index >= 15 is 0 Å². The molecule has 1 saturated carbocycles. The predicted molar refractivity (Wildman–Crippen MR) is 72.6 cm³/mol. The van der Waals surface area contributed by atoms with Crippen molar-refractivity contribution in [2.24, 2.45) is 5.92 Å². The second-order valence-corrected chi connectivity index (χ2v) is 7.16. The lowest BCUT2D eigenvalue weighted by Crippen LogP contribution is -2.31. The first-order valence-electron chi connectivity index (χ1n) is 6.42. The first-order chi connectivity index (χ1) is 8.91. The molecule has 0 bridgehead atoms. The Bertz CT molecular complexity index is 554. The Morgan fingerprint density at radius 3 is 2.58 bits per heavy atom. The molecule has 0 spiro atoms. The standard InChI is InChI=1S/C13H19FN2O2S/c1-16(9-10-4-2-3-5-10)19(17,18)11-6-7-12(14)13(15)8-11/h6-8,10H,2-5,9,15H2,1H3. The molecule has 0 saturated heterocycles. The zero-order valence-corrected chi connectivity index (χ0v) is 11.8. The highest BCUT2D eigenvalue weighted by Gasteiger charge is 2.25. The third-order valence-electron chi connectivity index (χ3n) is 3.67. The number of nitrogens with zero attached hydrogens (tertiary/aromatic N) is 1. The van der Waals surface area contributed by atoms with Crippen LogP contribution in [0.4, 0.5) is 10.1 Å². The maximum Gasteiger partial charge on any atom is 0.242 e. The summed E-state index contributed by atoms with van der Waals surface area (Å²) in [5, 5.41) is 0. The Morgan fingerprint density at radius 1 is 1.37 bits per heavy atom. The Balaban J connectivity index is 2.18. The second-order valence-electron chi connectivity index (χ2n) is 5.12. The van der Waals surface area contributed by atoms with Gasteiger partial charge < -0.3 is 5.73 Å². The predicted octanol–water partition coefficient (Wildman–Crippen LogP) is 2.22. The minimum atomic E-state index is -3.58. The number of hydrogen-bond donors (Lipinski definition) is 1. The topological polar surface area (TPSA) is 63.4 Å². The van der Waals surface area contributed by atoms with Gasteiger partial charge in [-0.2, -0.15) is 0 Å². The van der Waals surface area contributed by atoms with Gasteiger partial charge in [0.1, 0.15) is 5.82 Å². The van der Waals surface area contributed by atoms with E-state index < -0.39 is 15.8 Å². The molecule has 0 aromatic heterocycles. The van der Waals surface area contributed by atoms with Crippen molar-refractivity contribution in [2.75, 3.05) is 19.3 Å². The van der Waals surface area contributed by atoms with Gasteiger partial charge in [0.15, 0.2) is 0 Å². The van der Waals surface area contributed by atoms with E-state index in [1.54, 1.807) is 7.05 Å². The van der Waals surface area contributed by atoms with Gasteiger partial charge in [-0.1, -0.05) is 12.8 Å². The summed E-state index contributed by atoms with van der Waals surface area (Å²) in [6, 6.07) is 3.52. The SMILES string of the molecule is CN(CC1CCCC1)S(=O)(=O)c1ccc(F)c(N)c1. The fourth-order valence-electron chi connectivity index (χ4n) is 2.52. The van der Waals surface area contributed by atoms with Gasteiger partial charge in [-0.05, 0) is 37.0 Å². The zero-order chi connectivity index (χ0) is 14.0. The van der Waals surface area contributed by atoms with Crippen LogP contribution in [0.25, 0.3) is 0 Å². The summed E-state index contributed by atoms with van der Waals surface area (Å²) in [6.45, 7) is 0.514. The van der Waals surface area contributed by atoms with Crippen LogP contribution >= 0.6 is 0 Å². The van der Waals surface area contributed by atoms with E-state index in [2.05, 4.69) is 0 Å². The number of sulfonamides is 1. The molecule has 1 aliphatic rings. The van der Waals surface area contributed by atoms with Crippen molar-refractivity contribution in [3.63, 3.8) is 0 Å². The molecule has 0 atom stereocenters. The molecule has 2 rings (SSSR count). The van der Waals surface area contributed by atoms with Crippen LogP contribution in [-0.2, 0) is 10.0 Å². The van der Waals surface area contributed by atoms with Gasteiger partial charge in [0.05, 0.1) is 10.6 Å². The molecule has 2 N–H and O–H groups in total. The molecule has 106 valence electrons. The van der Waals surface area contributed by atoms with Crippen LogP contribution in [0.5, 0.6) is 0 Å². The molecule has 0 radical (unpaired) electrons. The minimum absolute atomic E-state index is 0.0481. The fourth-order valence-corrected chi connectivity index (χ4v) is 3.80. The van der Waals surface area contributed by atoms with Gasteiger partial charge in [0, 0.05) is 13.6 Å². The first-order valence-corrected chi connectivity index (χ1v) is 7.86. The van der Waals surface area contributed by atoms with Crippen LogP contribution < -0.4 is 5.73 Å². The molecule has 1 aromatic carbocycles. The number of nitrogen functional groups attached to an aromatic ring is 1. The smallest absolute Gasteiger partial charge is 0.242 e. The molecule has 1 aromatic rings. The van der Waals surface area contributed by atoms with Gasteiger partial charge in [0.2, 0.25) is 10.0 Å². The second kappa shape index (κ2) is 5.46. The maximum absolute atomic E-state index is 13.1. The van der Waals surface area contributed by atoms with Crippen LogP contribution in [0.1, 0.15) is 25.7 Å². The molecule has 0 aliphatic heterocycles. The van der Waals surface area contributed by atoms with Crippen molar-refractivity contribution < 1.29 is 12.8 Å². The Labute approximate surface area is 113 Å². The molecule has 0 heterocycles. The lowest BCUT2D eigenvalue weighted by atomic mass is 10.1. The van der Waals surface area contributed by atoms with Crippen LogP contribution in [0.15, 0.2) is 23.1 Å². The van der Waals surface area contributed by atoms with Crippen molar-refractivity contribution in [1.29, 1.82) is 0 Å². The molecule has 0 unspecified atom stereocenters. The number of rotatable bonds is 4. The molecular formula is C13H19FN2O2S. The van der Waals surface area contributed by atoms with E-state index in [4.69, 9.17) is 5.73 Å². The van der Waals surface area contributed by atoms with Crippen molar-refractivity contribution >= 4 is 15.7 Å². The van der Waals surface area contributed by atoms with Gasteiger partial charge in [-0.25, -0.2) is 17.1 Å². The quantitative estimate of drug-likeness (QED) is 0.863. The third kappa shape index (κ3) is 3.06. The summed E-state index contributed by atoms with van der Waals surface area (Å²) < 4.78 is 39.1. The highest BCUT2D eigenvalue weighted by Crippen LogP contribution is 2.27. The molecule has 0 amide bonds. The average Bonchev–Trinajstić information content (AvgIpc) is 2.85. The summed E-state index contributed by atoms with van der Waals surface area (Å²) in [5.41, 5.74) is 5.28. The number of benzene rings is 1. The molecule has 1 fully saturated rings. The van der Waals surface area contributed by atoms with E-state index in [9.17, 15) is 12.8 Å². The van der Waals surface area contributed by atoms with Gasteiger partial charge in [-0.15, -0.1) is 0 Å². The third-order valence-corrected chi connectivity index (χ3v) is 5.49. The van der Waals surface area contributed by atoms with Crippen LogP contribution in [0.3, 0.4) is 0 Å². The van der Waals surface area contributed by atoms with E-state index in [0.717, 1.165) is 18.9 Å². The fraction of sp³-hybridized carbons (Fsp3) is 0.538. The Morgan fingerprint density at radius 2 is 2.00 bits per heavy atom. The Hall–Kier alpha value is -1.14. The number of nitrogens with two attached hydrogens (primary N) is 1. The van der Waals surface area contributed by atoms with E-state index in [1.807, 2.05) is 0 Å². The largest absolute Gasteiger partial charge is 0.396 e. The highest BCUT2D eigenvalue weighted by atomic mass is 32.2. The molecule has 1 aliphatic carbocycles. The van der Waals surface area contributed by atoms with Gasteiger partial charge in [0.25, 0.3) is 0 Å². The molecule has 19 heavy (non-hydrogen) atoms. The summed E-state index contributed by atoms with van der Waals surface area (Å²) in [6.07, 6.45) is 4.49. The van der Waals surface area contributed by atoms with E-state index in [-0.39, 0.29) is 10.6 Å². The summed E-state index contributed by atoms with van der Waals surface area (Å²) in [7, 11) is -2.02. The van der Waals surface area contributed by atoms with Gasteiger partial charge >= 0.3 is 0 Å². The normalized spacial score (nSPS) is 17.2. The molecule has 4 nitrogen and oxygen atoms in total. The maximum atomic E-state index is 13.1. The lowest BCUT2D eigenvalue weighted by molar-refractivity contribution is 0.387. The van der Waals surface area contributed by atoms with Crippen molar-refractivity contribution in [3.8, 4) is 0 Å². The highest BCUT2D eigenvalue weighted by molar-refractivity contribution is 7.89. The van der Waals surface area contributed by atoms with Crippen molar-refractivity contribution in [1.82, 2.24) is 4.31 Å². The Kier molecular flexibility index (Phi) is 4.10. The van der Waals surface area contributed by atoms with E-state index in [1.165, 1.54) is 29.3 Å². The van der Waals surface area contributed by atoms with Crippen LogP contribution in [0.2, 0.25) is 0 Å². The zero-order valence-electron chi connectivity index (χ0n) is 11.0. The number of hydrogen-bond acceptors (Lipinski definition) is 3. The first kappa shape index (κ1) is 14.3. The van der Waals surface area contributed by atoms with Crippen LogP contribution in [0, 0.1) is 11.7 Å². The van der Waals surface area contributed by atoms with Crippen molar-refractivity contribution in [2.45, 2.75) is 30.6 Å². The van der Waals surface area contributed by atoms with Crippen molar-refractivity contribution in [3.05, 3.63) is 24.0 Å². The molecule has 6 heteroatoms. The number of halogens is 1. The van der Waals surface area contributed by atoms with Gasteiger partial charge in [-0.3, -0.25) is 0 Å². The number of anilines is 1. The molecular weight excluding hydrogens is 267 g/mol. The van der Waals surface area contributed by atoms with Crippen LogP contribution in [-0.4, -0.2) is 26.3 Å². The summed E-state index contributed by atoms with van der Waals surface area (Å²) in [4.78, 5) is 0.0481. The summed E-state index contributed by atoms with van der Waals surface area (Å²) in [5.74, 6) is -0.171. The average molecular weight is 286 g/mol. The lowest BCUT2D eigenvalue weighted by Gasteiger charge is -2.21. The minimum Gasteiger partial charge on any atom is -0.396 e. The monoisotopic (exact) mass is 286 g/mol.